The average Bonchev–Trinajstić information content (AvgIpc) is 2.77. The average molecular weight is 269 g/mol. The summed E-state index contributed by atoms with van der Waals surface area (Å²) in [6.07, 6.45) is 2.33. The second-order valence-corrected chi connectivity index (χ2v) is 5.15. The third-order valence-electron chi connectivity index (χ3n) is 2.31. The molecule has 2 aromatic rings. The van der Waals surface area contributed by atoms with E-state index in [1.807, 2.05) is 6.07 Å². The molecule has 6 heteroatoms. The Morgan fingerprint density at radius 3 is 3.06 bits per heavy atom. The lowest BCUT2D eigenvalue weighted by atomic mass is 10.2. The van der Waals surface area contributed by atoms with Crippen LogP contribution < -0.4 is 11.1 Å². The molecule has 4 nitrogen and oxygen atoms in total. The number of hydrogen-bond acceptors (Lipinski definition) is 5. The van der Waals surface area contributed by atoms with E-state index in [4.69, 9.17) is 17.3 Å². The van der Waals surface area contributed by atoms with Crippen LogP contribution in [0.15, 0.2) is 23.8 Å². The first-order valence-electron chi connectivity index (χ1n) is 5.21. The minimum absolute atomic E-state index is 0.238. The molecule has 0 fully saturated rings. The first-order valence-corrected chi connectivity index (χ1v) is 6.47. The summed E-state index contributed by atoms with van der Waals surface area (Å²) in [4.78, 5) is 9.22. The molecule has 2 aromatic heterocycles. The van der Waals surface area contributed by atoms with E-state index in [-0.39, 0.29) is 11.2 Å². The zero-order chi connectivity index (χ0) is 12.3. The summed E-state index contributed by atoms with van der Waals surface area (Å²) in [7, 11) is 0. The number of nitrogens with two attached hydrogens (primary N) is 1. The van der Waals surface area contributed by atoms with Crippen LogP contribution in [0.3, 0.4) is 0 Å². The Hall–Kier alpha value is -1.33. The molecule has 0 spiro atoms. The number of rotatable bonds is 4. The number of nitrogens with one attached hydrogen (secondary N) is 1. The molecule has 2 heterocycles. The SMILES string of the molecule is CC(Cc1cccs1)Nc1ncnc(Cl)c1N. The maximum Gasteiger partial charge on any atom is 0.157 e. The molecule has 17 heavy (non-hydrogen) atoms. The fourth-order valence-corrected chi connectivity index (χ4v) is 2.47. The first kappa shape index (κ1) is 12.1. The molecule has 0 aliphatic heterocycles. The fourth-order valence-electron chi connectivity index (χ4n) is 1.50. The number of aromatic nitrogens is 2. The molecule has 0 aliphatic carbocycles. The largest absolute Gasteiger partial charge is 0.393 e. The minimum Gasteiger partial charge on any atom is -0.393 e. The Bertz CT molecular complexity index is 486. The number of nitrogen functional groups attached to an aromatic ring is 1. The normalized spacial score (nSPS) is 12.4. The monoisotopic (exact) mass is 268 g/mol. The van der Waals surface area contributed by atoms with Gasteiger partial charge in [-0.3, -0.25) is 0 Å². The molecule has 0 amide bonds. The lowest BCUT2D eigenvalue weighted by molar-refractivity contribution is 0.794. The van der Waals surface area contributed by atoms with Gasteiger partial charge >= 0.3 is 0 Å². The minimum atomic E-state index is 0.238. The highest BCUT2D eigenvalue weighted by Crippen LogP contribution is 2.23. The standard InChI is InChI=1S/C11H13ClN4S/c1-7(5-8-3-2-4-17-8)16-11-9(13)10(12)14-6-15-11/h2-4,6-7H,5,13H2,1H3,(H,14,15,16). The van der Waals surface area contributed by atoms with Crippen LogP contribution in [0, 0.1) is 0 Å². The molecule has 90 valence electrons. The van der Waals surface area contributed by atoms with Gasteiger partial charge in [0.2, 0.25) is 0 Å². The summed E-state index contributed by atoms with van der Waals surface area (Å²) in [5.41, 5.74) is 6.18. The van der Waals surface area contributed by atoms with Gasteiger partial charge in [0.05, 0.1) is 0 Å². The molecule has 1 unspecified atom stereocenters. The molecule has 0 radical (unpaired) electrons. The Labute approximate surface area is 109 Å². The van der Waals surface area contributed by atoms with Gasteiger partial charge in [0.25, 0.3) is 0 Å². The second-order valence-electron chi connectivity index (χ2n) is 3.76. The highest BCUT2D eigenvalue weighted by molar-refractivity contribution is 7.09. The van der Waals surface area contributed by atoms with Gasteiger partial charge in [-0.25, -0.2) is 9.97 Å². The van der Waals surface area contributed by atoms with Gasteiger partial charge in [-0.1, -0.05) is 17.7 Å². The highest BCUT2D eigenvalue weighted by atomic mass is 35.5. The van der Waals surface area contributed by atoms with E-state index < -0.39 is 0 Å². The molecule has 0 saturated carbocycles. The van der Waals surface area contributed by atoms with E-state index in [2.05, 4.69) is 33.7 Å². The Morgan fingerprint density at radius 1 is 1.53 bits per heavy atom. The third kappa shape index (κ3) is 3.08. The van der Waals surface area contributed by atoms with Gasteiger partial charge in [-0.05, 0) is 18.4 Å². The second kappa shape index (κ2) is 5.33. The molecular weight excluding hydrogens is 256 g/mol. The van der Waals surface area contributed by atoms with Crippen molar-refractivity contribution in [3.8, 4) is 0 Å². The van der Waals surface area contributed by atoms with E-state index in [1.165, 1.54) is 11.2 Å². The molecule has 0 saturated heterocycles. The smallest absolute Gasteiger partial charge is 0.157 e. The van der Waals surface area contributed by atoms with Crippen LogP contribution in [0.2, 0.25) is 5.15 Å². The first-order chi connectivity index (χ1) is 8.16. The summed E-state index contributed by atoms with van der Waals surface area (Å²) in [5.74, 6) is 0.592. The quantitative estimate of drug-likeness (QED) is 0.837. The summed E-state index contributed by atoms with van der Waals surface area (Å²) in [6, 6.07) is 4.39. The summed E-state index contributed by atoms with van der Waals surface area (Å²) in [5, 5.41) is 5.59. The van der Waals surface area contributed by atoms with Gasteiger partial charge in [0, 0.05) is 17.3 Å². The number of nitrogens with zero attached hydrogens (tertiary/aromatic N) is 2. The molecule has 3 N–H and O–H groups in total. The van der Waals surface area contributed by atoms with Gasteiger partial charge in [-0.15, -0.1) is 11.3 Å². The summed E-state index contributed by atoms with van der Waals surface area (Å²) < 4.78 is 0. The van der Waals surface area contributed by atoms with Crippen molar-refractivity contribution in [1.82, 2.24) is 9.97 Å². The van der Waals surface area contributed by atoms with Crippen LogP contribution in [0.25, 0.3) is 0 Å². The maximum atomic E-state index is 5.83. The molecule has 0 aliphatic rings. The van der Waals surface area contributed by atoms with Crippen molar-refractivity contribution in [3.63, 3.8) is 0 Å². The molecule has 2 rings (SSSR count). The van der Waals surface area contributed by atoms with E-state index in [1.54, 1.807) is 11.3 Å². The van der Waals surface area contributed by atoms with Crippen molar-refractivity contribution >= 4 is 34.4 Å². The van der Waals surface area contributed by atoms with E-state index in [9.17, 15) is 0 Å². The van der Waals surface area contributed by atoms with E-state index in [0.717, 1.165) is 6.42 Å². The Kier molecular flexibility index (Phi) is 3.81. The lowest BCUT2D eigenvalue weighted by Crippen LogP contribution is -2.19. The summed E-state index contributed by atoms with van der Waals surface area (Å²) in [6.45, 7) is 2.08. The van der Waals surface area contributed by atoms with Crippen molar-refractivity contribution in [2.75, 3.05) is 11.1 Å². The van der Waals surface area contributed by atoms with Crippen molar-refractivity contribution < 1.29 is 0 Å². The fraction of sp³-hybridized carbons (Fsp3) is 0.273. The number of anilines is 2. The lowest BCUT2D eigenvalue weighted by Gasteiger charge is -2.15. The maximum absolute atomic E-state index is 5.83. The molecule has 0 aromatic carbocycles. The molecule has 1 atom stereocenters. The number of thiophene rings is 1. The Morgan fingerprint density at radius 2 is 2.35 bits per heavy atom. The zero-order valence-corrected chi connectivity index (χ0v) is 10.9. The van der Waals surface area contributed by atoms with Crippen LogP contribution >= 0.6 is 22.9 Å². The molecular formula is C11H13ClN4S. The van der Waals surface area contributed by atoms with Crippen molar-refractivity contribution in [2.45, 2.75) is 19.4 Å². The van der Waals surface area contributed by atoms with Crippen LogP contribution in [0.5, 0.6) is 0 Å². The van der Waals surface area contributed by atoms with Crippen LogP contribution in [0.1, 0.15) is 11.8 Å². The van der Waals surface area contributed by atoms with Crippen LogP contribution in [0.4, 0.5) is 11.5 Å². The van der Waals surface area contributed by atoms with Crippen LogP contribution in [-0.2, 0) is 6.42 Å². The van der Waals surface area contributed by atoms with Gasteiger partial charge < -0.3 is 11.1 Å². The molecule has 0 bridgehead atoms. The topological polar surface area (TPSA) is 63.8 Å². The van der Waals surface area contributed by atoms with Gasteiger partial charge in [-0.2, -0.15) is 0 Å². The number of halogens is 1. The van der Waals surface area contributed by atoms with Gasteiger partial charge in [0.15, 0.2) is 11.0 Å². The van der Waals surface area contributed by atoms with Crippen molar-refractivity contribution in [3.05, 3.63) is 33.9 Å². The zero-order valence-electron chi connectivity index (χ0n) is 9.35. The van der Waals surface area contributed by atoms with E-state index in [0.29, 0.717) is 11.5 Å². The predicted octanol–water partition coefficient (Wildman–Crippen LogP) is 2.82. The van der Waals surface area contributed by atoms with Crippen molar-refractivity contribution in [2.24, 2.45) is 0 Å². The highest BCUT2D eigenvalue weighted by Gasteiger charge is 2.10. The number of hydrogen-bond donors (Lipinski definition) is 2. The third-order valence-corrected chi connectivity index (χ3v) is 3.51. The predicted molar refractivity (Wildman–Crippen MR) is 72.6 cm³/mol. The van der Waals surface area contributed by atoms with Crippen LogP contribution in [-0.4, -0.2) is 16.0 Å². The van der Waals surface area contributed by atoms with Gasteiger partial charge in [0.1, 0.15) is 12.0 Å². The Balaban J connectivity index is 2.03. The van der Waals surface area contributed by atoms with E-state index >= 15 is 0 Å². The van der Waals surface area contributed by atoms with Crippen molar-refractivity contribution in [1.29, 1.82) is 0 Å². The summed E-state index contributed by atoms with van der Waals surface area (Å²) >= 11 is 7.57.